The maximum atomic E-state index is 10.2. The molecule has 0 unspecified atom stereocenters. The van der Waals surface area contributed by atoms with Crippen molar-refractivity contribution in [1.29, 1.82) is 0 Å². The van der Waals surface area contributed by atoms with Gasteiger partial charge < -0.3 is 35.2 Å². The normalized spacial score (nSPS) is 9.00. The number of hydrogen-bond donors (Lipinski definition) is 0. The number of carbonyl (C=O) groups excluding carboxylic acids is 1. The summed E-state index contributed by atoms with van der Waals surface area (Å²) >= 11 is 0. The molecule has 4 heteroatoms. The monoisotopic (exact) mass is 271 g/mol. The number of oxime groups is 1. The van der Waals surface area contributed by atoms with E-state index in [-0.39, 0.29) is 17.1 Å². The van der Waals surface area contributed by atoms with Gasteiger partial charge in [-0.05, 0) is 0 Å². The number of rotatable bonds is 2. The third-order valence-corrected chi connectivity index (χ3v) is 1.63. The molecule has 0 spiro atoms. The minimum absolute atomic E-state index is 0. The zero-order valence-corrected chi connectivity index (χ0v) is 10.5. The Kier molecular flexibility index (Phi) is 8.65. The van der Waals surface area contributed by atoms with E-state index in [2.05, 4.69) is 9.99 Å². The third kappa shape index (κ3) is 8.20. The Morgan fingerprint density at radius 3 is 2.06 bits per heavy atom. The van der Waals surface area contributed by atoms with Crippen molar-refractivity contribution < 1.29 is 26.7 Å². The first kappa shape index (κ1) is 15.4. The molecule has 0 N–H and O–H groups in total. The molecule has 0 aliphatic heterocycles. The van der Waals surface area contributed by atoms with Crippen LogP contribution >= 0.6 is 0 Å². The number of nitrogens with zero attached hydrogens (tertiary/aromatic N) is 1. The van der Waals surface area contributed by atoms with Crippen molar-refractivity contribution in [3.63, 3.8) is 0 Å². The summed E-state index contributed by atoms with van der Waals surface area (Å²) in [4.78, 5) is 14.6. The molecule has 0 aliphatic carbocycles. The molecule has 0 atom stereocenters. The van der Waals surface area contributed by atoms with Crippen molar-refractivity contribution in [2.24, 2.45) is 5.16 Å². The molecule has 0 bridgehead atoms. The molecule has 0 saturated heterocycles. The average molecular weight is 271 g/mol. The van der Waals surface area contributed by atoms with Gasteiger partial charge in [0, 0.05) is 30.2 Å². The van der Waals surface area contributed by atoms with E-state index in [0.717, 1.165) is 5.56 Å². The van der Waals surface area contributed by atoms with Crippen LogP contribution in [0.4, 0.5) is 0 Å². The molecule has 2 rings (SSSR count). The van der Waals surface area contributed by atoms with E-state index in [1.165, 1.54) is 13.1 Å². The molecule has 0 radical (unpaired) electrons. The van der Waals surface area contributed by atoms with Gasteiger partial charge in [-0.25, -0.2) is 16.9 Å². The topological polar surface area (TPSA) is 38.7 Å². The van der Waals surface area contributed by atoms with Gasteiger partial charge in [-0.15, -0.1) is 5.56 Å². The maximum Gasteiger partial charge on any atom is 0.331 e. The predicted molar refractivity (Wildman–Crippen MR) is 63.4 cm³/mol. The van der Waals surface area contributed by atoms with E-state index < -0.39 is 5.97 Å². The van der Waals surface area contributed by atoms with Gasteiger partial charge in [0.2, 0.25) is 0 Å². The molecule has 96 valence electrons. The second kappa shape index (κ2) is 9.58. The zero-order chi connectivity index (χ0) is 11.6. The zero-order valence-electron chi connectivity index (χ0n) is 9.39. The van der Waals surface area contributed by atoms with Crippen LogP contribution < -0.4 is 0 Å². The van der Waals surface area contributed by atoms with Gasteiger partial charge in [0.05, 0.1) is 0 Å². The van der Waals surface area contributed by atoms with Crippen molar-refractivity contribution in [3.05, 3.63) is 60.2 Å². The molecule has 17 heavy (non-hydrogen) atoms. The second-order valence-electron chi connectivity index (χ2n) is 3.00. The molecular weight excluding hydrogens is 258 g/mol. The van der Waals surface area contributed by atoms with Crippen LogP contribution in [0.2, 0.25) is 0 Å². The summed E-state index contributed by atoms with van der Waals surface area (Å²) in [5, 5.41) is 3.44. The van der Waals surface area contributed by atoms with Gasteiger partial charge in [-0.1, -0.05) is 5.16 Å². The van der Waals surface area contributed by atoms with Crippen molar-refractivity contribution in [1.82, 2.24) is 0 Å². The first-order valence-corrected chi connectivity index (χ1v) is 4.88. The van der Waals surface area contributed by atoms with Crippen molar-refractivity contribution in [2.45, 2.75) is 6.92 Å². The summed E-state index contributed by atoms with van der Waals surface area (Å²) in [7, 11) is 0. The number of carbonyl (C=O) groups is 1. The van der Waals surface area contributed by atoms with Crippen LogP contribution in [0.5, 0.6) is 0 Å². The summed E-state index contributed by atoms with van der Waals surface area (Å²) in [5.74, 6) is -0.409. The molecule has 0 fully saturated rings. The molecule has 0 heterocycles. The molecule has 0 saturated carbocycles. The maximum absolute atomic E-state index is 10.2. The van der Waals surface area contributed by atoms with E-state index in [0.29, 0.717) is 0 Å². The van der Waals surface area contributed by atoms with Gasteiger partial charge in [0.1, 0.15) is 0 Å². The summed E-state index contributed by atoms with van der Waals surface area (Å²) in [6.07, 6.45) is 1.49. The summed E-state index contributed by atoms with van der Waals surface area (Å²) < 4.78 is 0. The largest absolute Gasteiger partial charge is 0.748 e. The van der Waals surface area contributed by atoms with E-state index >= 15 is 0 Å². The van der Waals surface area contributed by atoms with Crippen LogP contribution in [-0.2, 0) is 26.7 Å². The average Bonchev–Trinajstić information content (AvgIpc) is 2.93. The van der Waals surface area contributed by atoms with Crippen molar-refractivity contribution in [3.8, 4) is 0 Å². The summed E-state index contributed by atoms with van der Waals surface area (Å²) in [6.45, 7) is 1.31. The van der Waals surface area contributed by atoms with Gasteiger partial charge in [-0.2, -0.15) is 12.1 Å². The van der Waals surface area contributed by atoms with E-state index in [4.69, 9.17) is 0 Å². The molecule has 2 aromatic rings. The summed E-state index contributed by atoms with van der Waals surface area (Å²) in [5.41, 5.74) is 0.922. The molecule has 0 aromatic heterocycles. The van der Waals surface area contributed by atoms with Crippen LogP contribution in [0.25, 0.3) is 0 Å². The molecule has 3 nitrogen and oxygen atoms in total. The van der Waals surface area contributed by atoms with Gasteiger partial charge >= 0.3 is 5.97 Å². The minimum atomic E-state index is -0.409. The molecule has 2 aromatic carbocycles. The fourth-order valence-corrected chi connectivity index (χ4v) is 0.957. The first-order chi connectivity index (χ1) is 7.79. The fourth-order valence-electron chi connectivity index (χ4n) is 0.957. The van der Waals surface area contributed by atoms with Crippen LogP contribution in [0.3, 0.4) is 0 Å². The Labute approximate surface area is 111 Å². The van der Waals surface area contributed by atoms with E-state index in [1.54, 1.807) is 0 Å². The van der Waals surface area contributed by atoms with Gasteiger partial charge in [-0.3, -0.25) is 0 Å². The van der Waals surface area contributed by atoms with Crippen LogP contribution in [-0.4, -0.2) is 12.2 Å². The molecule has 0 aliphatic rings. The van der Waals surface area contributed by atoms with Gasteiger partial charge in [0.25, 0.3) is 0 Å². The first-order valence-electron chi connectivity index (χ1n) is 4.88. The number of hydrogen-bond acceptors (Lipinski definition) is 3. The Hall–Kier alpha value is -1.64. The third-order valence-electron chi connectivity index (χ3n) is 1.63. The van der Waals surface area contributed by atoms with Crippen LogP contribution in [0.15, 0.2) is 59.8 Å². The quantitative estimate of drug-likeness (QED) is 0.277. The smallest absolute Gasteiger partial charge is 0.331 e. The van der Waals surface area contributed by atoms with Crippen molar-refractivity contribution in [2.75, 3.05) is 0 Å². The van der Waals surface area contributed by atoms with Gasteiger partial charge in [0.15, 0.2) is 0 Å². The molecule has 0 amide bonds. The SMILES string of the molecule is CC(=O)ON=C[c-]1cccc1.[Fe].[cH-]1[cH-][cH-][cH-][cH-]1. The van der Waals surface area contributed by atoms with E-state index in [9.17, 15) is 4.79 Å². The van der Waals surface area contributed by atoms with Crippen LogP contribution in [0.1, 0.15) is 12.5 Å². The predicted octanol–water partition coefficient (Wildman–Crippen LogP) is 2.71. The Balaban J connectivity index is 0.000000360. The standard InChI is InChI=1S/C8H8NO2.C5H5.Fe/c1-7(10)11-9-6-8-4-2-3-5-8;1-2-4-5-3-1;/h2-6H,1H3;1-5H;/q-1;-5;. The summed E-state index contributed by atoms with van der Waals surface area (Å²) in [6, 6.07) is 17.5. The fraction of sp³-hybridized carbons (Fsp3) is 0.0769. The second-order valence-corrected chi connectivity index (χ2v) is 3.00. The van der Waals surface area contributed by atoms with Crippen LogP contribution in [0, 0.1) is 0 Å². The minimum Gasteiger partial charge on any atom is -0.748 e. The molecular formula is C13H13FeNO2-6. The Morgan fingerprint density at radius 2 is 1.65 bits per heavy atom. The Bertz CT molecular complexity index is 387. The Morgan fingerprint density at radius 1 is 1.18 bits per heavy atom. The van der Waals surface area contributed by atoms with Crippen molar-refractivity contribution >= 4 is 12.2 Å². The van der Waals surface area contributed by atoms with E-state index in [1.807, 2.05) is 54.6 Å².